The number of aryl methyl sites for hydroxylation is 1. The Kier molecular flexibility index (Phi) is 4.38. The van der Waals surface area contributed by atoms with Gasteiger partial charge in [0.15, 0.2) is 21.9 Å². The van der Waals surface area contributed by atoms with Gasteiger partial charge in [0.05, 0.1) is 13.2 Å². The van der Waals surface area contributed by atoms with E-state index in [2.05, 4.69) is 21.2 Å². The number of carbonyl (C=O) groups excluding carboxylic acids is 1. The van der Waals surface area contributed by atoms with Crippen molar-refractivity contribution in [2.24, 2.45) is 0 Å². The predicted octanol–water partition coefficient (Wildman–Crippen LogP) is 3.44. The summed E-state index contributed by atoms with van der Waals surface area (Å²) in [7, 11) is 0. The van der Waals surface area contributed by atoms with Crippen molar-refractivity contribution in [1.29, 1.82) is 0 Å². The van der Waals surface area contributed by atoms with Crippen LogP contribution in [0.25, 0.3) is 0 Å². The highest BCUT2D eigenvalue weighted by atomic mass is 79.9. The third-order valence-corrected chi connectivity index (χ3v) is 3.75. The van der Waals surface area contributed by atoms with E-state index in [1.807, 2.05) is 25.1 Å². The molecule has 0 saturated heterocycles. The third kappa shape index (κ3) is 3.27. The number of carbonyl (C=O) groups is 1. The predicted molar refractivity (Wildman–Crippen MR) is 84.4 cm³/mol. The van der Waals surface area contributed by atoms with Crippen LogP contribution in [0, 0.1) is 6.92 Å². The molecule has 0 radical (unpaired) electrons. The summed E-state index contributed by atoms with van der Waals surface area (Å²) >= 11 is 3.22. The summed E-state index contributed by atoms with van der Waals surface area (Å²) < 4.78 is 17.1. The molecule has 1 aromatic carbocycles. The van der Waals surface area contributed by atoms with E-state index in [1.165, 1.54) is 0 Å². The highest BCUT2D eigenvalue weighted by Gasteiger charge is 2.15. The lowest BCUT2D eigenvalue weighted by molar-refractivity contribution is 0.0921. The smallest absolute Gasteiger partial charge is 0.287 e. The summed E-state index contributed by atoms with van der Waals surface area (Å²) in [5.41, 5.74) is 1.74. The molecule has 0 bridgehead atoms. The molecule has 0 fully saturated rings. The van der Waals surface area contributed by atoms with E-state index < -0.39 is 0 Å². The second kappa shape index (κ2) is 6.44. The maximum atomic E-state index is 12.1. The molecule has 6 heteroatoms. The van der Waals surface area contributed by atoms with Crippen molar-refractivity contribution in [3.8, 4) is 11.5 Å². The van der Waals surface area contributed by atoms with Gasteiger partial charge in [-0.05, 0) is 46.6 Å². The topological polar surface area (TPSA) is 60.7 Å². The zero-order valence-electron chi connectivity index (χ0n) is 12.1. The number of benzene rings is 1. The first-order valence-electron chi connectivity index (χ1n) is 7.06. The summed E-state index contributed by atoms with van der Waals surface area (Å²) in [5.74, 6) is 1.55. The van der Waals surface area contributed by atoms with Gasteiger partial charge in [0, 0.05) is 18.5 Å². The van der Waals surface area contributed by atoms with Crippen LogP contribution in [0.2, 0.25) is 0 Å². The van der Waals surface area contributed by atoms with E-state index in [9.17, 15) is 4.79 Å². The van der Waals surface area contributed by atoms with E-state index in [0.717, 1.165) is 29.0 Å². The molecule has 0 saturated carbocycles. The summed E-state index contributed by atoms with van der Waals surface area (Å²) in [6.45, 7) is 3.53. The molecule has 1 aliphatic heterocycles. The first-order chi connectivity index (χ1) is 10.6. The minimum absolute atomic E-state index is 0.240. The van der Waals surface area contributed by atoms with Crippen LogP contribution in [-0.2, 0) is 6.54 Å². The van der Waals surface area contributed by atoms with Gasteiger partial charge < -0.3 is 19.2 Å². The number of rotatable bonds is 3. The molecule has 0 aliphatic carbocycles. The van der Waals surface area contributed by atoms with Gasteiger partial charge in [-0.25, -0.2) is 0 Å². The third-order valence-electron chi connectivity index (χ3n) is 3.36. The highest BCUT2D eigenvalue weighted by molar-refractivity contribution is 9.10. The van der Waals surface area contributed by atoms with Gasteiger partial charge >= 0.3 is 0 Å². The Labute approximate surface area is 136 Å². The van der Waals surface area contributed by atoms with Gasteiger partial charge in [-0.2, -0.15) is 0 Å². The van der Waals surface area contributed by atoms with E-state index in [-0.39, 0.29) is 5.91 Å². The first kappa shape index (κ1) is 15.0. The van der Waals surface area contributed by atoms with Crippen molar-refractivity contribution < 1.29 is 18.7 Å². The Morgan fingerprint density at radius 2 is 2.00 bits per heavy atom. The van der Waals surface area contributed by atoms with Crippen LogP contribution < -0.4 is 14.8 Å². The molecule has 0 unspecified atom stereocenters. The number of nitrogens with one attached hydrogen (secondary N) is 1. The number of ether oxygens (including phenoxy) is 2. The fourth-order valence-corrected chi connectivity index (χ4v) is 2.75. The lowest BCUT2D eigenvalue weighted by atomic mass is 10.2. The minimum atomic E-state index is -0.240. The minimum Gasteiger partial charge on any atom is -0.490 e. The molecule has 1 aromatic heterocycles. The van der Waals surface area contributed by atoms with Crippen LogP contribution >= 0.6 is 15.9 Å². The van der Waals surface area contributed by atoms with Crippen LogP contribution in [0.1, 0.15) is 28.1 Å². The molecule has 0 spiro atoms. The molecule has 1 N–H and O–H groups in total. The summed E-state index contributed by atoms with van der Waals surface area (Å²) in [6, 6.07) is 7.45. The number of halogens is 1. The molecule has 2 aromatic rings. The average Bonchev–Trinajstić information content (AvgIpc) is 2.72. The highest BCUT2D eigenvalue weighted by Crippen LogP contribution is 2.30. The maximum absolute atomic E-state index is 12.1. The largest absolute Gasteiger partial charge is 0.490 e. The van der Waals surface area contributed by atoms with Gasteiger partial charge in [0.2, 0.25) is 0 Å². The Bertz CT molecular complexity index is 695. The maximum Gasteiger partial charge on any atom is 0.287 e. The van der Waals surface area contributed by atoms with Gasteiger partial charge in [-0.3, -0.25) is 4.79 Å². The molecule has 2 heterocycles. The Morgan fingerprint density at radius 1 is 1.23 bits per heavy atom. The van der Waals surface area contributed by atoms with Crippen molar-refractivity contribution in [2.75, 3.05) is 13.2 Å². The fourth-order valence-electron chi connectivity index (χ4n) is 2.25. The van der Waals surface area contributed by atoms with Crippen molar-refractivity contribution in [3.63, 3.8) is 0 Å². The molecule has 1 amide bonds. The van der Waals surface area contributed by atoms with Crippen LogP contribution in [0.5, 0.6) is 11.5 Å². The molecule has 116 valence electrons. The molecule has 22 heavy (non-hydrogen) atoms. The van der Waals surface area contributed by atoms with Crippen LogP contribution in [-0.4, -0.2) is 19.1 Å². The number of hydrogen-bond acceptors (Lipinski definition) is 4. The fraction of sp³-hybridized carbons (Fsp3) is 0.312. The Balaban J connectivity index is 1.67. The van der Waals surface area contributed by atoms with Crippen molar-refractivity contribution in [3.05, 3.63) is 45.8 Å². The van der Waals surface area contributed by atoms with Crippen molar-refractivity contribution in [2.45, 2.75) is 19.9 Å². The molecule has 3 rings (SSSR count). The lowest BCUT2D eigenvalue weighted by Crippen LogP contribution is -2.22. The second-order valence-electron chi connectivity index (χ2n) is 5.08. The van der Waals surface area contributed by atoms with Crippen molar-refractivity contribution >= 4 is 21.8 Å². The van der Waals surface area contributed by atoms with Gasteiger partial charge in [-0.1, -0.05) is 6.07 Å². The average molecular weight is 366 g/mol. The molecule has 5 nitrogen and oxygen atoms in total. The summed E-state index contributed by atoms with van der Waals surface area (Å²) in [5, 5.41) is 2.84. The molecule has 1 aliphatic rings. The first-order valence-corrected chi connectivity index (χ1v) is 7.85. The van der Waals surface area contributed by atoms with Crippen molar-refractivity contribution in [1.82, 2.24) is 5.32 Å². The molecular weight excluding hydrogens is 350 g/mol. The van der Waals surface area contributed by atoms with E-state index in [4.69, 9.17) is 13.9 Å². The number of hydrogen-bond donors (Lipinski definition) is 1. The monoisotopic (exact) mass is 365 g/mol. The quantitative estimate of drug-likeness (QED) is 0.904. The second-order valence-corrected chi connectivity index (χ2v) is 5.86. The standard InChI is InChI=1S/C16H16BrNO4/c1-10-7-14(17)22-15(10)16(19)18-9-11-3-4-12-13(8-11)21-6-2-5-20-12/h3-4,7-8H,2,5-6,9H2,1H3,(H,18,19). The zero-order valence-corrected chi connectivity index (χ0v) is 13.7. The molecule has 0 atom stereocenters. The van der Waals surface area contributed by atoms with E-state index in [0.29, 0.717) is 30.2 Å². The van der Waals surface area contributed by atoms with Crippen LogP contribution in [0.15, 0.2) is 33.4 Å². The Hall–Kier alpha value is -1.95. The summed E-state index contributed by atoms with van der Waals surface area (Å²) in [4.78, 5) is 12.1. The van der Waals surface area contributed by atoms with E-state index in [1.54, 1.807) is 6.07 Å². The number of furan rings is 1. The van der Waals surface area contributed by atoms with Crippen LogP contribution in [0.3, 0.4) is 0 Å². The zero-order chi connectivity index (χ0) is 15.5. The Morgan fingerprint density at radius 3 is 2.73 bits per heavy atom. The van der Waals surface area contributed by atoms with Gasteiger partial charge in [0.25, 0.3) is 5.91 Å². The molecular formula is C16H16BrNO4. The normalized spacial score (nSPS) is 13.5. The lowest BCUT2D eigenvalue weighted by Gasteiger charge is -2.10. The number of fused-ring (bicyclic) bond motifs is 1. The van der Waals surface area contributed by atoms with Gasteiger partial charge in [-0.15, -0.1) is 0 Å². The van der Waals surface area contributed by atoms with E-state index >= 15 is 0 Å². The van der Waals surface area contributed by atoms with Gasteiger partial charge in [0.1, 0.15) is 0 Å². The summed E-state index contributed by atoms with van der Waals surface area (Å²) in [6.07, 6.45) is 0.868. The van der Waals surface area contributed by atoms with Crippen LogP contribution in [0.4, 0.5) is 0 Å². The number of amides is 1. The SMILES string of the molecule is Cc1cc(Br)oc1C(=O)NCc1ccc2c(c1)OCCCO2.